The van der Waals surface area contributed by atoms with Crippen LogP contribution in [0.25, 0.3) is 0 Å². The molecule has 0 radical (unpaired) electrons. The average Bonchev–Trinajstić information content (AvgIpc) is 2.33. The first kappa shape index (κ1) is 15.4. The molecule has 1 rings (SSSR count). The van der Waals surface area contributed by atoms with Crippen LogP contribution in [0.3, 0.4) is 0 Å². The Kier molecular flexibility index (Phi) is 7.28. The quantitative estimate of drug-likeness (QED) is 0.681. The fourth-order valence-electron chi connectivity index (χ4n) is 2.31. The molecule has 4 nitrogen and oxygen atoms in total. The zero-order valence-corrected chi connectivity index (χ0v) is 11.8. The number of carbonyl (C=O) groups excluding carboxylic acids is 1. The molecule has 0 spiro atoms. The maximum Gasteiger partial charge on any atom is 0.223 e. The minimum Gasteiger partial charge on any atom is -0.381 e. The van der Waals surface area contributed by atoms with Crippen LogP contribution in [-0.2, 0) is 9.53 Å². The third-order valence-corrected chi connectivity index (χ3v) is 3.30. The van der Waals surface area contributed by atoms with Gasteiger partial charge in [0.25, 0.3) is 0 Å². The molecule has 2 atom stereocenters. The second kappa shape index (κ2) is 8.48. The Bertz CT molecular complexity index is 244. The van der Waals surface area contributed by atoms with Crippen LogP contribution in [0.2, 0.25) is 0 Å². The number of amides is 1. The van der Waals surface area contributed by atoms with Crippen LogP contribution in [0.1, 0.15) is 46.0 Å². The number of carbonyl (C=O) groups is 1. The first-order chi connectivity index (χ1) is 8.59. The lowest BCUT2D eigenvalue weighted by molar-refractivity contribution is -0.126. The number of nitrogens with one attached hydrogen (secondary N) is 1. The molecule has 0 bridgehead atoms. The normalized spacial score (nSPS) is 24.2. The van der Waals surface area contributed by atoms with E-state index in [1.807, 2.05) is 0 Å². The monoisotopic (exact) mass is 256 g/mol. The SMILES string of the molecule is CC(C)COCCCNC(=O)C1CCCC(N)C1. The van der Waals surface area contributed by atoms with Crippen LogP contribution < -0.4 is 11.1 Å². The van der Waals surface area contributed by atoms with E-state index in [1.165, 1.54) is 0 Å². The van der Waals surface area contributed by atoms with Crippen LogP contribution in [0.5, 0.6) is 0 Å². The number of nitrogens with two attached hydrogens (primary N) is 1. The van der Waals surface area contributed by atoms with Gasteiger partial charge in [-0.2, -0.15) is 0 Å². The van der Waals surface area contributed by atoms with Gasteiger partial charge in [-0.25, -0.2) is 0 Å². The zero-order valence-electron chi connectivity index (χ0n) is 11.8. The third-order valence-electron chi connectivity index (χ3n) is 3.30. The summed E-state index contributed by atoms with van der Waals surface area (Å²) in [5.41, 5.74) is 5.89. The van der Waals surface area contributed by atoms with Crippen LogP contribution in [0.15, 0.2) is 0 Å². The van der Waals surface area contributed by atoms with Crippen molar-refractivity contribution in [3.8, 4) is 0 Å². The fraction of sp³-hybridized carbons (Fsp3) is 0.929. The smallest absolute Gasteiger partial charge is 0.223 e. The van der Waals surface area contributed by atoms with Crippen LogP contribution in [0, 0.1) is 11.8 Å². The summed E-state index contributed by atoms with van der Waals surface area (Å²) < 4.78 is 5.47. The summed E-state index contributed by atoms with van der Waals surface area (Å²) in [5.74, 6) is 0.877. The van der Waals surface area contributed by atoms with Gasteiger partial charge >= 0.3 is 0 Å². The van der Waals surface area contributed by atoms with E-state index in [0.29, 0.717) is 12.5 Å². The fourth-order valence-corrected chi connectivity index (χ4v) is 2.31. The lowest BCUT2D eigenvalue weighted by atomic mass is 9.85. The largest absolute Gasteiger partial charge is 0.381 e. The van der Waals surface area contributed by atoms with Crippen LogP contribution in [0.4, 0.5) is 0 Å². The molecule has 4 heteroatoms. The molecular formula is C14H28N2O2. The van der Waals surface area contributed by atoms with Gasteiger partial charge in [-0.15, -0.1) is 0 Å². The molecule has 1 aliphatic carbocycles. The van der Waals surface area contributed by atoms with Gasteiger partial charge in [0.1, 0.15) is 0 Å². The second-order valence-electron chi connectivity index (χ2n) is 5.74. The highest BCUT2D eigenvalue weighted by Crippen LogP contribution is 2.22. The van der Waals surface area contributed by atoms with E-state index in [0.717, 1.165) is 45.3 Å². The van der Waals surface area contributed by atoms with Crippen LogP contribution in [-0.4, -0.2) is 31.7 Å². The minimum absolute atomic E-state index is 0.130. The van der Waals surface area contributed by atoms with Gasteiger partial charge < -0.3 is 15.8 Å². The summed E-state index contributed by atoms with van der Waals surface area (Å²) in [6.45, 7) is 6.50. The summed E-state index contributed by atoms with van der Waals surface area (Å²) in [6.07, 6.45) is 4.86. The Labute approximate surface area is 111 Å². The van der Waals surface area contributed by atoms with Gasteiger partial charge in [-0.05, 0) is 31.6 Å². The Hall–Kier alpha value is -0.610. The van der Waals surface area contributed by atoms with Crippen molar-refractivity contribution in [2.75, 3.05) is 19.8 Å². The van der Waals surface area contributed by atoms with E-state index < -0.39 is 0 Å². The maximum absolute atomic E-state index is 11.9. The van der Waals surface area contributed by atoms with E-state index in [4.69, 9.17) is 10.5 Å². The molecule has 0 saturated heterocycles. The molecule has 0 aromatic heterocycles. The Balaban J connectivity index is 2.02. The third kappa shape index (κ3) is 6.36. The predicted molar refractivity (Wildman–Crippen MR) is 73.2 cm³/mol. The zero-order chi connectivity index (χ0) is 13.4. The summed E-state index contributed by atoms with van der Waals surface area (Å²) in [6, 6.07) is 0.212. The topological polar surface area (TPSA) is 64.3 Å². The Morgan fingerprint density at radius 2 is 2.22 bits per heavy atom. The van der Waals surface area contributed by atoms with E-state index >= 15 is 0 Å². The maximum atomic E-state index is 11.9. The molecule has 1 aliphatic rings. The summed E-state index contributed by atoms with van der Waals surface area (Å²) in [4.78, 5) is 11.9. The van der Waals surface area contributed by atoms with Gasteiger partial charge in [0.05, 0.1) is 0 Å². The number of ether oxygens (including phenoxy) is 1. The molecule has 106 valence electrons. The summed E-state index contributed by atoms with van der Waals surface area (Å²) >= 11 is 0. The van der Waals surface area contributed by atoms with E-state index in [2.05, 4.69) is 19.2 Å². The summed E-state index contributed by atoms with van der Waals surface area (Å²) in [5, 5.41) is 2.99. The molecule has 3 N–H and O–H groups in total. The van der Waals surface area contributed by atoms with Crippen molar-refractivity contribution in [2.24, 2.45) is 17.6 Å². The van der Waals surface area contributed by atoms with E-state index in [9.17, 15) is 4.79 Å². The van der Waals surface area contributed by atoms with Crippen molar-refractivity contribution in [1.82, 2.24) is 5.32 Å². The molecule has 0 aliphatic heterocycles. The molecule has 0 aromatic rings. The number of hydrogen-bond acceptors (Lipinski definition) is 3. The van der Waals surface area contributed by atoms with E-state index in [1.54, 1.807) is 0 Å². The van der Waals surface area contributed by atoms with Gasteiger partial charge in [-0.1, -0.05) is 20.3 Å². The first-order valence-electron chi connectivity index (χ1n) is 7.20. The minimum atomic E-state index is 0.130. The Morgan fingerprint density at radius 1 is 1.44 bits per heavy atom. The standard InChI is InChI=1S/C14H28N2O2/c1-11(2)10-18-8-4-7-16-14(17)12-5-3-6-13(15)9-12/h11-13H,3-10,15H2,1-2H3,(H,16,17). The molecule has 0 aromatic carbocycles. The molecule has 2 unspecified atom stereocenters. The van der Waals surface area contributed by atoms with Gasteiger partial charge in [0, 0.05) is 31.7 Å². The van der Waals surface area contributed by atoms with Crippen molar-refractivity contribution in [3.63, 3.8) is 0 Å². The molecule has 18 heavy (non-hydrogen) atoms. The van der Waals surface area contributed by atoms with E-state index in [-0.39, 0.29) is 17.9 Å². The van der Waals surface area contributed by atoms with Crippen molar-refractivity contribution >= 4 is 5.91 Å². The average molecular weight is 256 g/mol. The van der Waals surface area contributed by atoms with Gasteiger partial charge in [-0.3, -0.25) is 4.79 Å². The van der Waals surface area contributed by atoms with Crippen LogP contribution >= 0.6 is 0 Å². The van der Waals surface area contributed by atoms with Crippen molar-refractivity contribution in [2.45, 2.75) is 52.0 Å². The number of hydrogen-bond donors (Lipinski definition) is 2. The lowest BCUT2D eigenvalue weighted by Crippen LogP contribution is -2.38. The molecule has 1 amide bonds. The molecular weight excluding hydrogens is 228 g/mol. The van der Waals surface area contributed by atoms with Crippen molar-refractivity contribution < 1.29 is 9.53 Å². The highest BCUT2D eigenvalue weighted by molar-refractivity contribution is 5.78. The lowest BCUT2D eigenvalue weighted by Gasteiger charge is -2.25. The molecule has 0 heterocycles. The van der Waals surface area contributed by atoms with Gasteiger partial charge in [0.2, 0.25) is 5.91 Å². The van der Waals surface area contributed by atoms with Crippen molar-refractivity contribution in [3.05, 3.63) is 0 Å². The Morgan fingerprint density at radius 3 is 2.89 bits per heavy atom. The molecule has 1 fully saturated rings. The van der Waals surface area contributed by atoms with Gasteiger partial charge in [0.15, 0.2) is 0 Å². The first-order valence-corrected chi connectivity index (χ1v) is 7.20. The number of rotatable bonds is 7. The van der Waals surface area contributed by atoms with Crippen molar-refractivity contribution in [1.29, 1.82) is 0 Å². The molecule has 1 saturated carbocycles. The highest BCUT2D eigenvalue weighted by atomic mass is 16.5. The second-order valence-corrected chi connectivity index (χ2v) is 5.74. The summed E-state index contributed by atoms with van der Waals surface area (Å²) in [7, 11) is 0. The predicted octanol–water partition coefficient (Wildman–Crippen LogP) is 1.68. The highest BCUT2D eigenvalue weighted by Gasteiger charge is 2.24.